The minimum Gasteiger partial charge on any atom is -0.465 e. The van der Waals surface area contributed by atoms with Gasteiger partial charge in [-0.25, -0.2) is 0 Å². The second-order valence-electron chi connectivity index (χ2n) is 7.65. The van der Waals surface area contributed by atoms with Gasteiger partial charge < -0.3 is 9.64 Å². The van der Waals surface area contributed by atoms with Crippen LogP contribution in [-0.2, 0) is 9.53 Å². The van der Waals surface area contributed by atoms with Gasteiger partial charge in [0.15, 0.2) is 0 Å². The Kier molecular flexibility index (Phi) is 6.69. The average Bonchev–Trinajstić information content (AvgIpc) is 3.15. The Morgan fingerprint density at radius 1 is 1.20 bits per heavy atom. The third-order valence-electron chi connectivity index (χ3n) is 5.41. The number of benzene rings is 1. The lowest BCUT2D eigenvalue weighted by Gasteiger charge is -2.27. The first-order chi connectivity index (χ1) is 12.2. The summed E-state index contributed by atoms with van der Waals surface area (Å²) < 4.78 is 5.78. The maximum absolute atomic E-state index is 12.9. The second kappa shape index (κ2) is 9.19. The van der Waals surface area contributed by atoms with Crippen molar-refractivity contribution in [1.29, 1.82) is 0 Å². The first-order valence-electron chi connectivity index (χ1n) is 9.84. The monoisotopic (exact) mass is 341 g/mol. The molecule has 0 unspecified atom stereocenters. The highest BCUT2D eigenvalue weighted by atomic mass is 16.5. The normalized spacial score (nSPS) is 23.3. The Morgan fingerprint density at radius 2 is 1.96 bits per heavy atom. The van der Waals surface area contributed by atoms with E-state index in [2.05, 4.69) is 36.1 Å². The van der Waals surface area contributed by atoms with E-state index in [0.717, 1.165) is 31.4 Å². The van der Waals surface area contributed by atoms with Gasteiger partial charge in [-0.15, -0.1) is 0 Å². The van der Waals surface area contributed by atoms with Gasteiger partial charge in [0.05, 0.1) is 12.5 Å². The fraction of sp³-hybridized carbons (Fsp3) is 0.591. The molecule has 3 nitrogen and oxygen atoms in total. The van der Waals surface area contributed by atoms with Crippen molar-refractivity contribution in [2.24, 2.45) is 11.8 Å². The molecule has 136 valence electrons. The van der Waals surface area contributed by atoms with Gasteiger partial charge in [0, 0.05) is 12.5 Å². The Balaban J connectivity index is 1.60. The number of carbonyl (C=O) groups excluding carboxylic acids is 1. The first kappa shape index (κ1) is 18.2. The van der Waals surface area contributed by atoms with Crippen LogP contribution in [0.15, 0.2) is 42.5 Å². The van der Waals surface area contributed by atoms with Crippen molar-refractivity contribution in [3.8, 4) is 0 Å². The molecule has 0 amide bonds. The Bertz CT molecular complexity index is 563. The van der Waals surface area contributed by atoms with Crippen LogP contribution in [0.25, 0.3) is 0 Å². The highest BCUT2D eigenvalue weighted by Gasteiger charge is 2.30. The summed E-state index contributed by atoms with van der Waals surface area (Å²) in [7, 11) is 0. The number of esters is 1. The predicted molar refractivity (Wildman–Crippen MR) is 101 cm³/mol. The zero-order valence-corrected chi connectivity index (χ0v) is 15.4. The summed E-state index contributed by atoms with van der Waals surface area (Å²) >= 11 is 0. The van der Waals surface area contributed by atoms with Crippen LogP contribution in [0.1, 0.15) is 50.5 Å². The maximum Gasteiger partial charge on any atom is 0.314 e. The lowest BCUT2D eigenvalue weighted by molar-refractivity contribution is -0.148. The molecule has 3 heteroatoms. The van der Waals surface area contributed by atoms with Crippen molar-refractivity contribution >= 4 is 5.97 Å². The minimum absolute atomic E-state index is 0.0592. The molecule has 0 radical (unpaired) electrons. The number of rotatable bonds is 7. The Morgan fingerprint density at radius 3 is 2.64 bits per heavy atom. The Hall–Kier alpha value is -1.61. The summed E-state index contributed by atoms with van der Waals surface area (Å²) in [4.78, 5) is 15.4. The van der Waals surface area contributed by atoms with Crippen molar-refractivity contribution < 1.29 is 9.53 Å². The molecule has 2 aliphatic rings. The summed E-state index contributed by atoms with van der Waals surface area (Å²) in [6.07, 6.45) is 10.4. The number of carbonyl (C=O) groups is 1. The van der Waals surface area contributed by atoms with Crippen molar-refractivity contribution in [2.75, 3.05) is 26.2 Å². The van der Waals surface area contributed by atoms with E-state index >= 15 is 0 Å². The highest BCUT2D eigenvalue weighted by Crippen LogP contribution is 2.33. The quantitative estimate of drug-likeness (QED) is 0.544. The van der Waals surface area contributed by atoms with E-state index in [1.165, 1.54) is 25.9 Å². The van der Waals surface area contributed by atoms with E-state index in [0.29, 0.717) is 12.5 Å². The molecular weight excluding hydrogens is 310 g/mol. The fourth-order valence-electron chi connectivity index (χ4n) is 4.11. The number of allylic oxidation sites excluding steroid dienone is 2. The van der Waals surface area contributed by atoms with Crippen LogP contribution in [0.2, 0.25) is 0 Å². The molecule has 25 heavy (non-hydrogen) atoms. The van der Waals surface area contributed by atoms with Crippen LogP contribution in [0.5, 0.6) is 0 Å². The molecule has 3 atom stereocenters. The second-order valence-corrected chi connectivity index (χ2v) is 7.65. The van der Waals surface area contributed by atoms with Crippen molar-refractivity contribution in [3.05, 3.63) is 48.0 Å². The van der Waals surface area contributed by atoms with Gasteiger partial charge in [-0.2, -0.15) is 0 Å². The van der Waals surface area contributed by atoms with Gasteiger partial charge in [0.1, 0.15) is 0 Å². The third-order valence-corrected chi connectivity index (χ3v) is 5.41. The van der Waals surface area contributed by atoms with Crippen LogP contribution in [0, 0.1) is 11.8 Å². The Labute approximate surface area is 152 Å². The van der Waals surface area contributed by atoms with E-state index < -0.39 is 0 Å². The van der Waals surface area contributed by atoms with Crippen LogP contribution in [0.3, 0.4) is 0 Å². The molecule has 3 rings (SSSR count). The summed E-state index contributed by atoms with van der Waals surface area (Å²) in [6, 6.07) is 10.1. The predicted octanol–water partition coefficient (Wildman–Crippen LogP) is 4.40. The summed E-state index contributed by atoms with van der Waals surface area (Å²) in [5.41, 5.74) is 1.08. The average molecular weight is 341 g/mol. The summed E-state index contributed by atoms with van der Waals surface area (Å²) in [5.74, 6) is 0.422. The molecular formula is C22H31NO2. The van der Waals surface area contributed by atoms with E-state index in [4.69, 9.17) is 4.74 Å². The molecule has 1 fully saturated rings. The van der Waals surface area contributed by atoms with Crippen LogP contribution < -0.4 is 0 Å². The summed E-state index contributed by atoms with van der Waals surface area (Å²) in [6.45, 7) is 6.13. The largest absolute Gasteiger partial charge is 0.465 e. The van der Waals surface area contributed by atoms with Gasteiger partial charge in [-0.3, -0.25) is 4.79 Å². The van der Waals surface area contributed by atoms with Crippen molar-refractivity contribution in [1.82, 2.24) is 4.90 Å². The number of likely N-dealkylation sites (tertiary alicyclic amines) is 1. The lowest BCUT2D eigenvalue weighted by Crippen LogP contribution is -2.30. The van der Waals surface area contributed by atoms with E-state index in [9.17, 15) is 4.79 Å². The molecule has 1 aromatic rings. The third kappa shape index (κ3) is 5.18. The van der Waals surface area contributed by atoms with Crippen molar-refractivity contribution in [2.45, 2.75) is 44.9 Å². The molecule has 0 bridgehead atoms. The number of ether oxygens (including phenoxy) is 1. The lowest BCUT2D eigenvalue weighted by atomic mass is 9.80. The van der Waals surface area contributed by atoms with E-state index in [-0.39, 0.29) is 17.8 Å². The van der Waals surface area contributed by atoms with Crippen LogP contribution >= 0.6 is 0 Å². The first-order valence-corrected chi connectivity index (χ1v) is 9.84. The SMILES string of the molecule is C[C@@H](COC(=O)[C@H](c1ccccc1)[C@H]1C=CCCC1)CN1CCCC1. The number of hydrogen-bond donors (Lipinski definition) is 0. The van der Waals surface area contributed by atoms with E-state index in [1.807, 2.05) is 18.2 Å². The fourth-order valence-corrected chi connectivity index (χ4v) is 4.11. The minimum atomic E-state index is -0.170. The molecule has 1 aliphatic carbocycles. The van der Waals surface area contributed by atoms with Crippen LogP contribution in [-0.4, -0.2) is 37.1 Å². The standard InChI is InChI=1S/C22H31NO2/c1-18(16-23-14-8-9-15-23)17-25-22(24)21(19-10-4-2-5-11-19)20-12-6-3-7-13-20/h2,4-6,10-12,18,20-21H,3,7-9,13-17H2,1H3/t18-,20+,21-/m1/s1. The van der Waals surface area contributed by atoms with Gasteiger partial charge in [-0.05, 0) is 56.7 Å². The zero-order chi connectivity index (χ0) is 17.5. The number of nitrogens with zero attached hydrogens (tertiary/aromatic N) is 1. The van der Waals surface area contributed by atoms with Gasteiger partial charge >= 0.3 is 5.97 Å². The topological polar surface area (TPSA) is 29.5 Å². The van der Waals surface area contributed by atoms with E-state index in [1.54, 1.807) is 0 Å². The molecule has 0 saturated carbocycles. The van der Waals surface area contributed by atoms with Crippen LogP contribution in [0.4, 0.5) is 0 Å². The molecule has 1 aromatic carbocycles. The molecule has 1 aliphatic heterocycles. The highest BCUT2D eigenvalue weighted by molar-refractivity contribution is 5.79. The molecule has 0 spiro atoms. The number of hydrogen-bond acceptors (Lipinski definition) is 3. The van der Waals surface area contributed by atoms with Gasteiger partial charge in [-0.1, -0.05) is 49.4 Å². The zero-order valence-electron chi connectivity index (χ0n) is 15.4. The van der Waals surface area contributed by atoms with Crippen molar-refractivity contribution in [3.63, 3.8) is 0 Å². The maximum atomic E-state index is 12.9. The van der Waals surface area contributed by atoms with Gasteiger partial charge in [0.25, 0.3) is 0 Å². The molecule has 0 N–H and O–H groups in total. The van der Waals surface area contributed by atoms with Gasteiger partial charge in [0.2, 0.25) is 0 Å². The molecule has 1 heterocycles. The molecule has 1 saturated heterocycles. The molecule has 0 aromatic heterocycles. The summed E-state index contributed by atoms with van der Waals surface area (Å²) in [5, 5.41) is 0. The smallest absolute Gasteiger partial charge is 0.314 e.